The summed E-state index contributed by atoms with van der Waals surface area (Å²) in [6.45, 7) is 10.1. The number of amides is 2. The average Bonchev–Trinajstić information content (AvgIpc) is 3.22. The van der Waals surface area contributed by atoms with Gasteiger partial charge < -0.3 is 10.2 Å². The van der Waals surface area contributed by atoms with Gasteiger partial charge in [0.1, 0.15) is 0 Å². The first-order valence-corrected chi connectivity index (χ1v) is 10.5. The molecule has 1 N–H and O–H groups in total. The van der Waals surface area contributed by atoms with Crippen molar-refractivity contribution >= 4 is 17.5 Å². The van der Waals surface area contributed by atoms with Crippen LogP contribution in [0.3, 0.4) is 0 Å². The van der Waals surface area contributed by atoms with Gasteiger partial charge in [0, 0.05) is 30.8 Å². The van der Waals surface area contributed by atoms with Gasteiger partial charge >= 0.3 is 0 Å². The first kappa shape index (κ1) is 21.1. The van der Waals surface area contributed by atoms with Gasteiger partial charge in [0.25, 0.3) is 5.91 Å². The first-order valence-electron chi connectivity index (χ1n) is 10.5. The van der Waals surface area contributed by atoms with Crippen LogP contribution in [0, 0.1) is 6.92 Å². The molecule has 29 heavy (non-hydrogen) atoms. The predicted octanol–water partition coefficient (Wildman–Crippen LogP) is 5.10. The van der Waals surface area contributed by atoms with E-state index >= 15 is 0 Å². The molecule has 1 saturated heterocycles. The molecule has 1 aliphatic heterocycles. The van der Waals surface area contributed by atoms with Gasteiger partial charge in [-0.1, -0.05) is 51.1 Å². The van der Waals surface area contributed by atoms with Crippen LogP contribution >= 0.6 is 0 Å². The van der Waals surface area contributed by atoms with E-state index in [1.54, 1.807) is 0 Å². The number of anilines is 1. The lowest BCUT2D eigenvalue weighted by Gasteiger charge is -2.19. The van der Waals surface area contributed by atoms with Crippen molar-refractivity contribution in [3.05, 3.63) is 64.7 Å². The summed E-state index contributed by atoms with van der Waals surface area (Å²) in [5.41, 5.74) is 4.83. The molecule has 154 valence electrons. The molecule has 0 bridgehead atoms. The minimum absolute atomic E-state index is 0.0289. The van der Waals surface area contributed by atoms with Crippen molar-refractivity contribution < 1.29 is 9.59 Å². The Bertz CT molecular complexity index is 873. The molecule has 1 heterocycles. The highest BCUT2D eigenvalue weighted by Gasteiger charge is 2.22. The van der Waals surface area contributed by atoms with E-state index in [9.17, 15) is 9.59 Å². The molecular formula is C25H32N2O2. The van der Waals surface area contributed by atoms with Gasteiger partial charge in [-0.3, -0.25) is 9.59 Å². The zero-order valence-electron chi connectivity index (χ0n) is 18.0. The van der Waals surface area contributed by atoms with Crippen molar-refractivity contribution in [1.29, 1.82) is 0 Å². The first-order chi connectivity index (χ1) is 13.8. The smallest absolute Gasteiger partial charge is 0.254 e. The summed E-state index contributed by atoms with van der Waals surface area (Å²) < 4.78 is 0. The summed E-state index contributed by atoms with van der Waals surface area (Å²) in [4.78, 5) is 27.1. The van der Waals surface area contributed by atoms with Gasteiger partial charge in [0.05, 0.1) is 0 Å². The highest BCUT2D eigenvalue weighted by Crippen LogP contribution is 2.24. The Hall–Kier alpha value is -2.62. The van der Waals surface area contributed by atoms with E-state index in [1.165, 1.54) is 5.56 Å². The molecule has 0 radical (unpaired) electrons. The quantitative estimate of drug-likeness (QED) is 0.770. The standard InChI is InChI=1S/C25H32N2O2/c1-18-21(24(29)27-16-5-6-17-27)8-7-9-22(18)26-23(28)15-12-19-10-13-20(14-11-19)25(2,3)4/h7-11,13-14H,5-6,12,15-17H2,1-4H3,(H,26,28). The van der Waals surface area contributed by atoms with Gasteiger partial charge in [-0.05, 0) is 60.4 Å². The van der Waals surface area contributed by atoms with Crippen LogP contribution in [0.5, 0.6) is 0 Å². The fraction of sp³-hybridized carbons (Fsp3) is 0.440. The molecule has 4 heteroatoms. The van der Waals surface area contributed by atoms with Crippen molar-refractivity contribution in [2.24, 2.45) is 0 Å². The van der Waals surface area contributed by atoms with Gasteiger partial charge in [-0.2, -0.15) is 0 Å². The zero-order valence-corrected chi connectivity index (χ0v) is 18.0. The molecular weight excluding hydrogens is 360 g/mol. The number of hydrogen-bond donors (Lipinski definition) is 1. The van der Waals surface area contributed by atoms with Crippen LogP contribution in [-0.4, -0.2) is 29.8 Å². The third-order valence-corrected chi connectivity index (χ3v) is 5.69. The maximum absolute atomic E-state index is 12.7. The summed E-state index contributed by atoms with van der Waals surface area (Å²) in [5, 5.41) is 2.99. The van der Waals surface area contributed by atoms with E-state index in [4.69, 9.17) is 0 Å². The molecule has 4 nitrogen and oxygen atoms in total. The van der Waals surface area contributed by atoms with E-state index in [1.807, 2.05) is 30.0 Å². The van der Waals surface area contributed by atoms with Crippen molar-refractivity contribution in [2.45, 2.75) is 58.8 Å². The Kier molecular flexibility index (Phi) is 6.41. The van der Waals surface area contributed by atoms with Crippen LogP contribution in [0.25, 0.3) is 0 Å². The van der Waals surface area contributed by atoms with Gasteiger partial charge in [0.2, 0.25) is 5.91 Å². The molecule has 1 fully saturated rings. The van der Waals surface area contributed by atoms with E-state index in [0.29, 0.717) is 18.4 Å². The SMILES string of the molecule is Cc1c(NC(=O)CCc2ccc(C(C)(C)C)cc2)cccc1C(=O)N1CCCC1. The maximum Gasteiger partial charge on any atom is 0.254 e. The lowest BCUT2D eigenvalue weighted by atomic mass is 9.86. The zero-order chi connectivity index (χ0) is 21.0. The summed E-state index contributed by atoms with van der Waals surface area (Å²) in [7, 11) is 0. The molecule has 2 aromatic rings. The van der Waals surface area contributed by atoms with E-state index in [0.717, 1.165) is 42.7 Å². The maximum atomic E-state index is 12.7. The summed E-state index contributed by atoms with van der Waals surface area (Å²) in [6, 6.07) is 14.1. The van der Waals surface area contributed by atoms with Crippen LogP contribution in [0.1, 0.15) is 67.1 Å². The van der Waals surface area contributed by atoms with Crippen molar-refractivity contribution in [1.82, 2.24) is 4.90 Å². The number of carbonyl (C=O) groups excluding carboxylic acids is 2. The van der Waals surface area contributed by atoms with Gasteiger partial charge in [-0.25, -0.2) is 0 Å². The number of rotatable bonds is 5. The lowest BCUT2D eigenvalue weighted by molar-refractivity contribution is -0.116. The largest absolute Gasteiger partial charge is 0.339 e. The number of carbonyl (C=O) groups is 2. The molecule has 0 spiro atoms. The number of aryl methyl sites for hydroxylation is 1. The van der Waals surface area contributed by atoms with E-state index in [2.05, 4.69) is 50.4 Å². The Balaban J connectivity index is 1.60. The Morgan fingerprint density at radius 3 is 2.28 bits per heavy atom. The van der Waals surface area contributed by atoms with Crippen LogP contribution in [0.15, 0.2) is 42.5 Å². The normalized spacial score (nSPS) is 14.1. The minimum Gasteiger partial charge on any atom is -0.339 e. The number of nitrogens with one attached hydrogen (secondary N) is 1. The second-order valence-electron chi connectivity index (χ2n) is 8.97. The second-order valence-corrected chi connectivity index (χ2v) is 8.97. The summed E-state index contributed by atoms with van der Waals surface area (Å²) >= 11 is 0. The fourth-order valence-corrected chi connectivity index (χ4v) is 3.74. The van der Waals surface area contributed by atoms with E-state index < -0.39 is 0 Å². The van der Waals surface area contributed by atoms with E-state index in [-0.39, 0.29) is 17.2 Å². The number of hydrogen-bond acceptors (Lipinski definition) is 2. The average molecular weight is 393 g/mol. The summed E-state index contributed by atoms with van der Waals surface area (Å²) in [6.07, 6.45) is 3.25. The van der Waals surface area contributed by atoms with Crippen molar-refractivity contribution in [3.63, 3.8) is 0 Å². The molecule has 0 aromatic heterocycles. The third-order valence-electron chi connectivity index (χ3n) is 5.69. The highest BCUT2D eigenvalue weighted by molar-refractivity contribution is 5.99. The fourth-order valence-electron chi connectivity index (χ4n) is 3.74. The van der Waals surface area contributed by atoms with Gasteiger partial charge in [0.15, 0.2) is 0 Å². The third kappa shape index (κ3) is 5.26. The molecule has 3 rings (SSSR count). The molecule has 2 amide bonds. The predicted molar refractivity (Wildman–Crippen MR) is 118 cm³/mol. The number of nitrogens with zero attached hydrogens (tertiary/aromatic N) is 1. The highest BCUT2D eigenvalue weighted by atomic mass is 16.2. The van der Waals surface area contributed by atoms with Crippen LogP contribution in [0.2, 0.25) is 0 Å². The summed E-state index contributed by atoms with van der Waals surface area (Å²) in [5.74, 6) is 0.0359. The van der Waals surface area contributed by atoms with Crippen LogP contribution in [-0.2, 0) is 16.6 Å². The Labute approximate surface area is 174 Å². The Morgan fingerprint density at radius 2 is 1.66 bits per heavy atom. The van der Waals surface area contributed by atoms with Crippen LogP contribution < -0.4 is 5.32 Å². The molecule has 0 aliphatic carbocycles. The molecule has 2 aromatic carbocycles. The number of likely N-dealkylation sites (tertiary alicyclic amines) is 1. The van der Waals surface area contributed by atoms with Gasteiger partial charge in [-0.15, -0.1) is 0 Å². The van der Waals surface area contributed by atoms with Crippen molar-refractivity contribution in [2.75, 3.05) is 18.4 Å². The molecule has 0 unspecified atom stereocenters. The molecule has 0 atom stereocenters. The van der Waals surface area contributed by atoms with Crippen LogP contribution in [0.4, 0.5) is 5.69 Å². The van der Waals surface area contributed by atoms with Crippen molar-refractivity contribution in [3.8, 4) is 0 Å². The molecule has 0 saturated carbocycles. The molecule has 1 aliphatic rings. The Morgan fingerprint density at radius 1 is 1.00 bits per heavy atom. The lowest BCUT2D eigenvalue weighted by Crippen LogP contribution is -2.28. The number of benzene rings is 2. The monoisotopic (exact) mass is 392 g/mol. The minimum atomic E-state index is -0.0289. The second kappa shape index (κ2) is 8.81. The topological polar surface area (TPSA) is 49.4 Å².